The first-order chi connectivity index (χ1) is 12.0. The fraction of sp³-hybridized carbons (Fsp3) is 0.556. The number of aliphatic imine (C=N–C) groups is 1. The van der Waals surface area contributed by atoms with Crippen molar-refractivity contribution < 1.29 is 9.53 Å². The molecule has 0 aliphatic carbocycles. The Hall–Kier alpha value is -1.79. The highest BCUT2D eigenvalue weighted by Gasteiger charge is 2.16. The van der Waals surface area contributed by atoms with E-state index in [0.717, 1.165) is 43.2 Å². The van der Waals surface area contributed by atoms with Crippen LogP contribution in [0.1, 0.15) is 12.0 Å². The van der Waals surface area contributed by atoms with Gasteiger partial charge in [-0.05, 0) is 30.5 Å². The molecule has 2 rings (SSSR count). The summed E-state index contributed by atoms with van der Waals surface area (Å²) < 4.78 is 5.40. The number of carbonyl (C=O) groups is 1. The first-order valence-corrected chi connectivity index (χ1v) is 8.97. The molecule has 1 aliphatic rings. The molecule has 1 amide bonds. The van der Waals surface area contributed by atoms with Crippen molar-refractivity contribution in [3.8, 4) is 0 Å². The van der Waals surface area contributed by atoms with Crippen LogP contribution in [0.4, 0.5) is 0 Å². The van der Waals surface area contributed by atoms with Gasteiger partial charge in [0.15, 0.2) is 5.96 Å². The predicted molar refractivity (Wildman–Crippen MR) is 101 cm³/mol. The number of carbonyl (C=O) groups excluding carboxylic acids is 1. The van der Waals surface area contributed by atoms with Gasteiger partial charge in [-0.25, -0.2) is 4.99 Å². The molecule has 1 aromatic carbocycles. The summed E-state index contributed by atoms with van der Waals surface area (Å²) in [4.78, 5) is 17.7. The summed E-state index contributed by atoms with van der Waals surface area (Å²) in [5.41, 5.74) is 1.16. The zero-order valence-electron chi connectivity index (χ0n) is 14.9. The van der Waals surface area contributed by atoms with Crippen LogP contribution in [0.25, 0.3) is 0 Å². The monoisotopic (exact) mass is 366 g/mol. The summed E-state index contributed by atoms with van der Waals surface area (Å²) in [5.74, 6) is 1.12. The molecule has 1 aromatic rings. The lowest BCUT2D eigenvalue weighted by atomic mass is 10.1. The molecule has 2 N–H and O–H groups in total. The number of rotatable bonds is 7. The van der Waals surface area contributed by atoms with E-state index in [1.807, 2.05) is 24.3 Å². The van der Waals surface area contributed by atoms with Gasteiger partial charge < -0.3 is 20.3 Å². The van der Waals surface area contributed by atoms with Crippen molar-refractivity contribution in [2.45, 2.75) is 12.8 Å². The van der Waals surface area contributed by atoms with Gasteiger partial charge in [0.1, 0.15) is 6.54 Å². The van der Waals surface area contributed by atoms with Crippen molar-refractivity contribution in [1.29, 1.82) is 0 Å². The number of halogens is 1. The van der Waals surface area contributed by atoms with E-state index in [0.29, 0.717) is 18.4 Å². The normalized spacial score (nSPS) is 17.4. The molecule has 0 bridgehead atoms. The lowest BCUT2D eigenvalue weighted by Gasteiger charge is -2.16. The fourth-order valence-electron chi connectivity index (χ4n) is 2.47. The van der Waals surface area contributed by atoms with E-state index in [9.17, 15) is 4.79 Å². The van der Waals surface area contributed by atoms with Crippen LogP contribution in [0.5, 0.6) is 0 Å². The van der Waals surface area contributed by atoms with E-state index in [1.54, 1.807) is 14.1 Å². The Labute approximate surface area is 154 Å². The molecule has 0 spiro atoms. The summed E-state index contributed by atoms with van der Waals surface area (Å²) in [6.45, 7) is 3.23. The van der Waals surface area contributed by atoms with E-state index in [-0.39, 0.29) is 12.5 Å². The SMILES string of the molecule is CN(C)C(=O)CN=C(NCCc1cccc(Cl)c1)NCC1CCOC1. The molecule has 0 radical (unpaired) electrons. The molecular weight excluding hydrogens is 340 g/mol. The zero-order valence-corrected chi connectivity index (χ0v) is 15.7. The van der Waals surface area contributed by atoms with Crippen LogP contribution in [-0.4, -0.2) is 63.7 Å². The maximum atomic E-state index is 11.8. The van der Waals surface area contributed by atoms with Crippen LogP contribution < -0.4 is 10.6 Å². The standard InChI is InChI=1S/C18H27ClN4O2/c1-23(2)17(24)12-22-18(21-11-15-7-9-25-13-15)20-8-6-14-4-3-5-16(19)10-14/h3-5,10,15H,6-9,11-13H2,1-2H3,(H2,20,21,22). The highest BCUT2D eigenvalue weighted by Crippen LogP contribution is 2.11. The van der Waals surface area contributed by atoms with Crippen LogP contribution in [0.3, 0.4) is 0 Å². The summed E-state index contributed by atoms with van der Waals surface area (Å²) >= 11 is 6.01. The Morgan fingerprint density at radius 2 is 2.24 bits per heavy atom. The number of hydrogen-bond donors (Lipinski definition) is 2. The smallest absolute Gasteiger partial charge is 0.243 e. The molecule has 0 aromatic heterocycles. The highest BCUT2D eigenvalue weighted by molar-refractivity contribution is 6.30. The van der Waals surface area contributed by atoms with Gasteiger partial charge in [-0.1, -0.05) is 23.7 Å². The molecule has 1 fully saturated rings. The van der Waals surface area contributed by atoms with Gasteiger partial charge in [0.25, 0.3) is 0 Å². The Bertz CT molecular complexity index is 586. The Morgan fingerprint density at radius 1 is 1.40 bits per heavy atom. The summed E-state index contributed by atoms with van der Waals surface area (Å²) in [6.07, 6.45) is 1.88. The van der Waals surface area contributed by atoms with Crippen molar-refractivity contribution in [1.82, 2.24) is 15.5 Å². The Balaban J connectivity index is 1.85. The molecule has 1 unspecified atom stereocenters. The third-order valence-corrected chi connectivity index (χ3v) is 4.28. The van der Waals surface area contributed by atoms with Crippen molar-refractivity contribution in [3.05, 3.63) is 34.9 Å². The van der Waals surface area contributed by atoms with E-state index in [4.69, 9.17) is 16.3 Å². The zero-order chi connectivity index (χ0) is 18.1. The van der Waals surface area contributed by atoms with E-state index in [1.165, 1.54) is 4.90 Å². The van der Waals surface area contributed by atoms with Crippen LogP contribution in [0.15, 0.2) is 29.3 Å². The van der Waals surface area contributed by atoms with Crippen molar-refractivity contribution in [3.63, 3.8) is 0 Å². The third kappa shape index (κ3) is 7.32. The fourth-order valence-corrected chi connectivity index (χ4v) is 2.68. The molecule has 138 valence electrons. The number of benzene rings is 1. The second kappa shape index (κ2) is 10.3. The van der Waals surface area contributed by atoms with Crippen molar-refractivity contribution >= 4 is 23.5 Å². The first-order valence-electron chi connectivity index (χ1n) is 8.59. The number of nitrogens with zero attached hydrogens (tertiary/aromatic N) is 2. The molecule has 0 saturated carbocycles. The maximum Gasteiger partial charge on any atom is 0.243 e. The van der Waals surface area contributed by atoms with Crippen LogP contribution in [0.2, 0.25) is 5.02 Å². The Kier molecular flexibility index (Phi) is 8.01. The van der Waals surface area contributed by atoms with Crippen molar-refractivity contribution in [2.24, 2.45) is 10.9 Å². The van der Waals surface area contributed by atoms with Gasteiger partial charge in [-0.2, -0.15) is 0 Å². The first kappa shape index (κ1) is 19.5. The molecule has 6 nitrogen and oxygen atoms in total. The summed E-state index contributed by atoms with van der Waals surface area (Å²) in [7, 11) is 3.46. The number of nitrogens with one attached hydrogen (secondary N) is 2. The number of likely N-dealkylation sites (N-methyl/N-ethyl adjacent to an activating group) is 1. The molecule has 1 saturated heterocycles. The minimum absolute atomic E-state index is 0.0276. The van der Waals surface area contributed by atoms with Gasteiger partial charge in [0, 0.05) is 44.7 Å². The average molecular weight is 367 g/mol. The van der Waals surface area contributed by atoms with E-state index < -0.39 is 0 Å². The topological polar surface area (TPSA) is 66.0 Å². The highest BCUT2D eigenvalue weighted by atomic mass is 35.5. The number of amides is 1. The molecule has 25 heavy (non-hydrogen) atoms. The number of ether oxygens (including phenoxy) is 1. The second-order valence-corrected chi connectivity index (χ2v) is 6.81. The minimum atomic E-state index is -0.0276. The van der Waals surface area contributed by atoms with Gasteiger partial charge in [-0.3, -0.25) is 4.79 Å². The lowest BCUT2D eigenvalue weighted by molar-refractivity contribution is -0.127. The molecule has 1 heterocycles. The largest absolute Gasteiger partial charge is 0.381 e. The minimum Gasteiger partial charge on any atom is -0.381 e. The molecule has 1 aliphatic heterocycles. The molecule has 1 atom stereocenters. The van der Waals surface area contributed by atoms with Crippen LogP contribution in [0, 0.1) is 5.92 Å². The maximum absolute atomic E-state index is 11.8. The van der Waals surface area contributed by atoms with Gasteiger partial charge in [-0.15, -0.1) is 0 Å². The van der Waals surface area contributed by atoms with Crippen LogP contribution in [-0.2, 0) is 16.0 Å². The lowest BCUT2D eigenvalue weighted by Crippen LogP contribution is -2.41. The number of guanidine groups is 1. The molecular formula is C18H27ClN4O2. The second-order valence-electron chi connectivity index (χ2n) is 6.37. The van der Waals surface area contributed by atoms with E-state index >= 15 is 0 Å². The van der Waals surface area contributed by atoms with Gasteiger partial charge in [0.05, 0.1) is 6.61 Å². The quantitative estimate of drug-likeness (QED) is 0.567. The van der Waals surface area contributed by atoms with Gasteiger partial charge >= 0.3 is 0 Å². The van der Waals surface area contributed by atoms with Gasteiger partial charge in [0.2, 0.25) is 5.91 Å². The summed E-state index contributed by atoms with van der Waals surface area (Å²) in [5, 5.41) is 7.34. The average Bonchev–Trinajstić information content (AvgIpc) is 3.10. The third-order valence-electron chi connectivity index (χ3n) is 4.05. The van der Waals surface area contributed by atoms with E-state index in [2.05, 4.69) is 15.6 Å². The Morgan fingerprint density at radius 3 is 2.92 bits per heavy atom. The number of hydrogen-bond acceptors (Lipinski definition) is 3. The van der Waals surface area contributed by atoms with Crippen molar-refractivity contribution in [2.75, 3.05) is 46.9 Å². The van der Waals surface area contributed by atoms with Crippen LogP contribution >= 0.6 is 11.6 Å². The predicted octanol–water partition coefficient (Wildman–Crippen LogP) is 1.54. The summed E-state index contributed by atoms with van der Waals surface area (Å²) in [6, 6.07) is 7.81. The molecule has 7 heteroatoms.